The number of amides is 1. The lowest BCUT2D eigenvalue weighted by Crippen LogP contribution is -2.21. The molecule has 7 heteroatoms. The van der Waals surface area contributed by atoms with Crippen LogP contribution in [0.25, 0.3) is 0 Å². The number of hydrogen-bond acceptors (Lipinski definition) is 4. The summed E-state index contributed by atoms with van der Waals surface area (Å²) in [6, 6.07) is 10.5. The molecule has 0 saturated carbocycles. The van der Waals surface area contributed by atoms with Gasteiger partial charge in [0, 0.05) is 4.47 Å². The first-order valence-corrected chi connectivity index (χ1v) is 7.35. The number of benzene rings is 2. The summed E-state index contributed by atoms with van der Waals surface area (Å²) in [5, 5.41) is 2.57. The van der Waals surface area contributed by atoms with Crippen molar-refractivity contribution in [1.29, 1.82) is 0 Å². The molecule has 0 atom stereocenters. The molecular formula is C16H13BrFNO4. The van der Waals surface area contributed by atoms with Crippen LogP contribution in [0.4, 0.5) is 10.1 Å². The maximum absolute atomic E-state index is 13.2. The van der Waals surface area contributed by atoms with Crippen LogP contribution in [-0.2, 0) is 9.53 Å². The number of hydrogen-bond donors (Lipinski definition) is 1. The van der Waals surface area contributed by atoms with Crippen LogP contribution in [0, 0.1) is 5.82 Å². The van der Waals surface area contributed by atoms with E-state index in [2.05, 4.69) is 21.2 Å². The van der Waals surface area contributed by atoms with E-state index in [1.807, 2.05) is 0 Å². The molecule has 0 aliphatic heterocycles. The van der Waals surface area contributed by atoms with Crippen molar-refractivity contribution in [1.82, 2.24) is 0 Å². The number of carbonyl (C=O) groups excluding carboxylic acids is 2. The highest BCUT2D eigenvalue weighted by molar-refractivity contribution is 9.10. The minimum atomic E-state index is -0.799. The third kappa shape index (κ3) is 4.53. The number of anilines is 1. The van der Waals surface area contributed by atoms with Gasteiger partial charge in [0.1, 0.15) is 11.6 Å². The van der Waals surface area contributed by atoms with E-state index in [-0.39, 0.29) is 5.56 Å². The first-order chi connectivity index (χ1) is 11.0. The van der Waals surface area contributed by atoms with Crippen LogP contribution in [0.3, 0.4) is 0 Å². The van der Waals surface area contributed by atoms with E-state index in [0.29, 0.717) is 15.9 Å². The third-order valence-electron chi connectivity index (χ3n) is 2.86. The third-order valence-corrected chi connectivity index (χ3v) is 3.56. The van der Waals surface area contributed by atoms with Crippen molar-refractivity contribution >= 4 is 33.5 Å². The molecule has 0 saturated heterocycles. The highest BCUT2D eigenvalue weighted by Gasteiger charge is 2.15. The van der Waals surface area contributed by atoms with Crippen LogP contribution in [0.15, 0.2) is 46.9 Å². The quantitative estimate of drug-likeness (QED) is 0.806. The fourth-order valence-corrected chi connectivity index (χ4v) is 2.21. The van der Waals surface area contributed by atoms with Crippen molar-refractivity contribution in [2.75, 3.05) is 19.0 Å². The predicted molar refractivity (Wildman–Crippen MR) is 86.0 cm³/mol. The minimum absolute atomic E-state index is 0.00934. The summed E-state index contributed by atoms with van der Waals surface area (Å²) >= 11 is 3.13. The molecule has 2 rings (SSSR count). The van der Waals surface area contributed by atoms with Crippen LogP contribution in [0.5, 0.6) is 5.75 Å². The second-order valence-electron chi connectivity index (χ2n) is 4.45. The number of halogens is 2. The molecule has 1 amide bonds. The van der Waals surface area contributed by atoms with Crippen LogP contribution < -0.4 is 10.1 Å². The maximum atomic E-state index is 13.2. The van der Waals surface area contributed by atoms with E-state index in [1.54, 1.807) is 24.3 Å². The Labute approximate surface area is 140 Å². The smallest absolute Gasteiger partial charge is 0.339 e. The summed E-state index contributed by atoms with van der Waals surface area (Å²) < 4.78 is 23.5. The van der Waals surface area contributed by atoms with Crippen molar-refractivity contribution < 1.29 is 23.5 Å². The lowest BCUT2D eigenvalue weighted by Gasteiger charge is -2.10. The molecule has 0 heterocycles. The van der Waals surface area contributed by atoms with Crippen LogP contribution in [0.2, 0.25) is 0 Å². The average Bonchev–Trinajstić information content (AvgIpc) is 2.55. The van der Waals surface area contributed by atoms with E-state index < -0.39 is 24.3 Å². The molecule has 5 nitrogen and oxygen atoms in total. The molecule has 2 aromatic rings. The Balaban J connectivity index is 1.96. The van der Waals surface area contributed by atoms with Crippen LogP contribution in [0.1, 0.15) is 10.4 Å². The summed E-state index contributed by atoms with van der Waals surface area (Å²) in [5.41, 5.74) is 0.470. The molecule has 0 fully saturated rings. The SMILES string of the molecule is COc1ccccc1NC(=O)COC(=O)c1cc(F)ccc1Br. The highest BCUT2D eigenvalue weighted by Crippen LogP contribution is 2.23. The normalized spacial score (nSPS) is 10.0. The Morgan fingerprint density at radius 3 is 2.70 bits per heavy atom. The number of ether oxygens (including phenoxy) is 2. The lowest BCUT2D eigenvalue weighted by atomic mass is 10.2. The summed E-state index contributed by atoms with van der Waals surface area (Å²) in [4.78, 5) is 23.7. The lowest BCUT2D eigenvalue weighted by molar-refractivity contribution is -0.119. The Morgan fingerprint density at radius 1 is 1.22 bits per heavy atom. The molecule has 2 aromatic carbocycles. The van der Waals surface area contributed by atoms with Gasteiger partial charge in [-0.25, -0.2) is 9.18 Å². The van der Waals surface area contributed by atoms with Gasteiger partial charge in [0.25, 0.3) is 5.91 Å². The van der Waals surface area contributed by atoms with E-state index in [4.69, 9.17) is 9.47 Å². The Morgan fingerprint density at radius 2 is 1.96 bits per heavy atom. The van der Waals surface area contributed by atoms with E-state index >= 15 is 0 Å². The second kappa shape index (κ2) is 7.73. The monoisotopic (exact) mass is 381 g/mol. The molecule has 0 spiro atoms. The minimum Gasteiger partial charge on any atom is -0.495 e. The number of esters is 1. The summed E-state index contributed by atoms with van der Waals surface area (Å²) in [6.07, 6.45) is 0. The van der Waals surface area contributed by atoms with Gasteiger partial charge >= 0.3 is 5.97 Å². The van der Waals surface area contributed by atoms with Gasteiger partial charge < -0.3 is 14.8 Å². The topological polar surface area (TPSA) is 64.6 Å². The number of para-hydroxylation sites is 2. The van der Waals surface area contributed by atoms with Gasteiger partial charge in [-0.1, -0.05) is 12.1 Å². The molecule has 0 aromatic heterocycles. The molecule has 23 heavy (non-hydrogen) atoms. The number of nitrogens with one attached hydrogen (secondary N) is 1. The molecular weight excluding hydrogens is 369 g/mol. The standard InChI is InChI=1S/C16H13BrFNO4/c1-22-14-5-3-2-4-13(14)19-15(20)9-23-16(21)11-8-10(18)6-7-12(11)17/h2-8H,9H2,1H3,(H,19,20). The van der Waals surface area contributed by atoms with Gasteiger partial charge in [-0.15, -0.1) is 0 Å². The predicted octanol–water partition coefficient (Wildman–Crippen LogP) is 3.39. The van der Waals surface area contributed by atoms with Crippen molar-refractivity contribution in [3.63, 3.8) is 0 Å². The largest absolute Gasteiger partial charge is 0.495 e. The van der Waals surface area contributed by atoms with E-state index in [1.165, 1.54) is 19.2 Å². The number of carbonyl (C=O) groups is 2. The second-order valence-corrected chi connectivity index (χ2v) is 5.30. The molecule has 0 aliphatic carbocycles. The van der Waals surface area contributed by atoms with Crippen molar-refractivity contribution in [3.8, 4) is 5.75 Å². The zero-order valence-corrected chi connectivity index (χ0v) is 13.7. The van der Waals surface area contributed by atoms with Crippen LogP contribution >= 0.6 is 15.9 Å². The summed E-state index contributed by atoms with van der Waals surface area (Å²) in [5.74, 6) is -1.42. The fraction of sp³-hybridized carbons (Fsp3) is 0.125. The Kier molecular flexibility index (Phi) is 5.70. The average molecular weight is 382 g/mol. The maximum Gasteiger partial charge on any atom is 0.339 e. The van der Waals surface area contributed by atoms with E-state index in [0.717, 1.165) is 6.07 Å². The molecule has 0 bridgehead atoms. The first kappa shape index (κ1) is 17.0. The molecule has 120 valence electrons. The number of rotatable bonds is 5. The van der Waals surface area contributed by atoms with Gasteiger partial charge in [0.05, 0.1) is 18.4 Å². The van der Waals surface area contributed by atoms with Crippen molar-refractivity contribution in [2.45, 2.75) is 0 Å². The summed E-state index contributed by atoms with van der Waals surface area (Å²) in [7, 11) is 1.48. The van der Waals surface area contributed by atoms with E-state index in [9.17, 15) is 14.0 Å². The first-order valence-electron chi connectivity index (χ1n) is 6.56. The van der Waals surface area contributed by atoms with Gasteiger partial charge in [-0.3, -0.25) is 4.79 Å². The fourth-order valence-electron chi connectivity index (χ4n) is 1.80. The molecule has 0 aliphatic rings. The van der Waals surface area contributed by atoms with Crippen LogP contribution in [-0.4, -0.2) is 25.6 Å². The zero-order chi connectivity index (χ0) is 16.8. The van der Waals surface area contributed by atoms with Gasteiger partial charge in [0.2, 0.25) is 0 Å². The molecule has 0 unspecified atom stereocenters. The zero-order valence-electron chi connectivity index (χ0n) is 12.1. The van der Waals surface area contributed by atoms with Gasteiger partial charge in [0.15, 0.2) is 6.61 Å². The molecule has 1 N–H and O–H groups in total. The summed E-state index contributed by atoms with van der Waals surface area (Å²) in [6.45, 7) is -0.500. The van der Waals surface area contributed by atoms with Gasteiger partial charge in [-0.2, -0.15) is 0 Å². The Hall–Kier alpha value is -2.41. The highest BCUT2D eigenvalue weighted by atomic mass is 79.9. The molecule has 0 radical (unpaired) electrons. The van der Waals surface area contributed by atoms with Crippen molar-refractivity contribution in [2.24, 2.45) is 0 Å². The van der Waals surface area contributed by atoms with Gasteiger partial charge in [-0.05, 0) is 46.3 Å². The Bertz CT molecular complexity index is 736. The van der Waals surface area contributed by atoms with Crippen molar-refractivity contribution in [3.05, 3.63) is 58.3 Å². The number of methoxy groups -OCH3 is 1.